The van der Waals surface area contributed by atoms with Crippen LogP contribution in [0.5, 0.6) is 0 Å². The number of aliphatic carboxylic acids is 1. The molecule has 4 N–H and O–H groups in total. The zero-order valence-electron chi connectivity index (χ0n) is 18.2. The van der Waals surface area contributed by atoms with E-state index >= 15 is 0 Å². The highest BCUT2D eigenvalue weighted by Gasteiger charge is 2.29. The van der Waals surface area contributed by atoms with Crippen LogP contribution in [0.3, 0.4) is 0 Å². The highest BCUT2D eigenvalue weighted by atomic mass is 16.5. The molecular weight excluding hydrogens is 436 g/mol. The number of carboxylic acids is 1. The van der Waals surface area contributed by atoms with Gasteiger partial charge in [0, 0.05) is 23.7 Å². The van der Waals surface area contributed by atoms with E-state index < -0.39 is 30.5 Å². The zero-order valence-corrected chi connectivity index (χ0v) is 18.2. The summed E-state index contributed by atoms with van der Waals surface area (Å²) in [6.07, 6.45) is -2.23. The summed E-state index contributed by atoms with van der Waals surface area (Å²) >= 11 is 0. The molecule has 1 unspecified atom stereocenters. The van der Waals surface area contributed by atoms with Gasteiger partial charge in [0.15, 0.2) is 0 Å². The number of rotatable bonds is 8. The highest BCUT2D eigenvalue weighted by molar-refractivity contribution is 5.95. The summed E-state index contributed by atoms with van der Waals surface area (Å²) in [5.41, 5.74) is 5.31. The van der Waals surface area contributed by atoms with Gasteiger partial charge in [-0.05, 0) is 46.5 Å². The Morgan fingerprint density at radius 3 is 2.06 bits per heavy atom. The molecule has 8 heteroatoms. The molecule has 0 saturated carbocycles. The number of ether oxygens (including phenoxy) is 1. The number of benzene rings is 3. The Hall–Kier alpha value is -4.17. The zero-order chi connectivity index (χ0) is 24.1. The van der Waals surface area contributed by atoms with Crippen molar-refractivity contribution in [2.75, 3.05) is 18.5 Å². The molecule has 0 aromatic heterocycles. The summed E-state index contributed by atoms with van der Waals surface area (Å²) in [7, 11) is 0. The topological polar surface area (TPSA) is 125 Å². The van der Waals surface area contributed by atoms with Crippen molar-refractivity contribution in [2.45, 2.75) is 18.4 Å². The second kappa shape index (κ2) is 10.2. The lowest BCUT2D eigenvalue weighted by Crippen LogP contribution is -2.33. The van der Waals surface area contributed by atoms with Gasteiger partial charge in [0.1, 0.15) is 6.61 Å². The summed E-state index contributed by atoms with van der Waals surface area (Å²) < 4.78 is 5.51. The number of anilines is 1. The van der Waals surface area contributed by atoms with Gasteiger partial charge in [-0.2, -0.15) is 0 Å². The number of amides is 2. The van der Waals surface area contributed by atoms with Crippen LogP contribution in [-0.2, 0) is 9.53 Å². The third-order valence-corrected chi connectivity index (χ3v) is 5.65. The number of aliphatic hydroxyl groups is 1. The third-order valence-electron chi connectivity index (χ3n) is 5.65. The smallest absolute Gasteiger partial charge is 0.411 e. The third kappa shape index (κ3) is 5.24. The molecule has 0 radical (unpaired) electrons. The number of carboxylic acid groups (broad SMARTS) is 1. The van der Waals surface area contributed by atoms with E-state index in [2.05, 4.69) is 22.8 Å². The average molecular weight is 460 g/mol. The molecule has 1 aliphatic carbocycles. The molecule has 3 aromatic rings. The maximum absolute atomic E-state index is 12.4. The molecule has 3 aromatic carbocycles. The Balaban J connectivity index is 1.31. The summed E-state index contributed by atoms with van der Waals surface area (Å²) in [6, 6.07) is 22.3. The molecule has 0 heterocycles. The normalized spacial score (nSPS) is 12.9. The number of fused-ring (bicyclic) bond motifs is 3. The molecule has 1 aliphatic rings. The fourth-order valence-electron chi connectivity index (χ4n) is 4.04. The van der Waals surface area contributed by atoms with Gasteiger partial charge >= 0.3 is 12.1 Å². The van der Waals surface area contributed by atoms with Crippen molar-refractivity contribution >= 4 is 23.7 Å². The van der Waals surface area contributed by atoms with Crippen LogP contribution in [0, 0.1) is 0 Å². The van der Waals surface area contributed by atoms with Crippen LogP contribution in [0.4, 0.5) is 10.5 Å². The van der Waals surface area contributed by atoms with Crippen LogP contribution in [-0.4, -0.2) is 47.4 Å². The summed E-state index contributed by atoms with van der Waals surface area (Å²) in [5, 5.41) is 23.3. The molecule has 34 heavy (non-hydrogen) atoms. The van der Waals surface area contributed by atoms with Crippen molar-refractivity contribution in [1.82, 2.24) is 5.32 Å². The Kier molecular flexibility index (Phi) is 6.89. The monoisotopic (exact) mass is 460 g/mol. The molecule has 4 rings (SSSR count). The van der Waals surface area contributed by atoms with Gasteiger partial charge in [0.05, 0.1) is 12.5 Å². The molecule has 1 atom stereocenters. The van der Waals surface area contributed by atoms with Gasteiger partial charge in [-0.3, -0.25) is 14.9 Å². The molecule has 0 aliphatic heterocycles. The average Bonchev–Trinajstić information content (AvgIpc) is 3.15. The van der Waals surface area contributed by atoms with E-state index in [1.165, 1.54) is 12.1 Å². The fourth-order valence-corrected chi connectivity index (χ4v) is 4.04. The van der Waals surface area contributed by atoms with Crippen LogP contribution in [0.25, 0.3) is 11.1 Å². The molecule has 0 fully saturated rings. The number of hydrogen-bond donors (Lipinski definition) is 4. The quantitative estimate of drug-likeness (QED) is 0.407. The second-order valence-electron chi connectivity index (χ2n) is 7.99. The van der Waals surface area contributed by atoms with Crippen molar-refractivity contribution in [1.29, 1.82) is 0 Å². The van der Waals surface area contributed by atoms with Crippen molar-refractivity contribution in [3.05, 3.63) is 89.5 Å². The van der Waals surface area contributed by atoms with Crippen molar-refractivity contribution in [3.8, 4) is 11.1 Å². The second-order valence-corrected chi connectivity index (χ2v) is 7.99. The maximum Gasteiger partial charge on any atom is 0.411 e. The minimum atomic E-state index is -1.17. The molecule has 174 valence electrons. The van der Waals surface area contributed by atoms with Crippen LogP contribution in [0.2, 0.25) is 0 Å². The first-order valence-corrected chi connectivity index (χ1v) is 10.8. The number of hydrogen-bond acceptors (Lipinski definition) is 5. The SMILES string of the molecule is O=C(O)CC(O)CNC(=O)c1ccc(NC(=O)OCC2c3ccccc3-c3ccccc32)cc1. The Labute approximate surface area is 196 Å². The predicted octanol–water partition coefficient (Wildman–Crippen LogP) is 3.61. The first-order valence-electron chi connectivity index (χ1n) is 10.8. The van der Waals surface area contributed by atoms with E-state index in [9.17, 15) is 19.5 Å². The van der Waals surface area contributed by atoms with E-state index in [1.54, 1.807) is 12.1 Å². The predicted molar refractivity (Wildman–Crippen MR) is 126 cm³/mol. The van der Waals surface area contributed by atoms with E-state index in [4.69, 9.17) is 9.84 Å². The minimum Gasteiger partial charge on any atom is -0.481 e. The summed E-state index contributed by atoms with van der Waals surface area (Å²) in [6.45, 7) is 0.0178. The lowest BCUT2D eigenvalue weighted by Gasteiger charge is -2.14. The van der Waals surface area contributed by atoms with Crippen LogP contribution in [0.1, 0.15) is 33.8 Å². The fraction of sp³-hybridized carbons (Fsp3) is 0.192. The first kappa shape index (κ1) is 23.0. The Bertz CT molecular complexity index is 1160. The van der Waals surface area contributed by atoms with Crippen LogP contribution in [0.15, 0.2) is 72.8 Å². The number of aliphatic hydroxyl groups excluding tert-OH is 1. The van der Waals surface area contributed by atoms with Gasteiger partial charge < -0.3 is 20.3 Å². The van der Waals surface area contributed by atoms with E-state index in [-0.39, 0.29) is 19.1 Å². The van der Waals surface area contributed by atoms with E-state index in [0.717, 1.165) is 22.3 Å². The van der Waals surface area contributed by atoms with E-state index in [1.807, 2.05) is 36.4 Å². The number of carbonyl (C=O) groups excluding carboxylic acids is 2. The summed E-state index contributed by atoms with van der Waals surface area (Å²) in [5.74, 6) is -1.65. The Morgan fingerprint density at radius 1 is 0.882 bits per heavy atom. The lowest BCUT2D eigenvalue weighted by atomic mass is 9.98. The van der Waals surface area contributed by atoms with Gasteiger partial charge in [0.25, 0.3) is 5.91 Å². The molecule has 8 nitrogen and oxygen atoms in total. The summed E-state index contributed by atoms with van der Waals surface area (Å²) in [4.78, 5) is 35.1. The molecule has 0 saturated heterocycles. The van der Waals surface area contributed by atoms with Crippen molar-refractivity contribution in [3.63, 3.8) is 0 Å². The van der Waals surface area contributed by atoms with Crippen molar-refractivity contribution < 1.29 is 29.3 Å². The van der Waals surface area contributed by atoms with Crippen LogP contribution < -0.4 is 10.6 Å². The minimum absolute atomic E-state index is 0.0410. The molecule has 0 bridgehead atoms. The highest BCUT2D eigenvalue weighted by Crippen LogP contribution is 2.44. The van der Waals surface area contributed by atoms with Gasteiger partial charge in [-0.15, -0.1) is 0 Å². The standard InChI is InChI=1S/C26H24N2O6/c29-18(13-24(30)31)14-27-25(32)16-9-11-17(12-10-16)28-26(33)34-15-23-21-7-3-1-5-19(21)20-6-2-4-8-22(20)23/h1-12,18,23,29H,13-15H2,(H,27,32)(H,28,33)(H,30,31). The van der Waals surface area contributed by atoms with Crippen LogP contribution >= 0.6 is 0 Å². The molecular formula is C26H24N2O6. The largest absolute Gasteiger partial charge is 0.481 e. The first-order chi connectivity index (χ1) is 16.4. The number of carbonyl (C=O) groups is 3. The van der Waals surface area contributed by atoms with E-state index in [0.29, 0.717) is 11.3 Å². The van der Waals surface area contributed by atoms with Gasteiger partial charge in [-0.25, -0.2) is 4.79 Å². The molecule has 2 amide bonds. The maximum atomic E-state index is 12.4. The van der Waals surface area contributed by atoms with Crippen molar-refractivity contribution in [2.24, 2.45) is 0 Å². The van der Waals surface area contributed by atoms with Gasteiger partial charge in [0.2, 0.25) is 0 Å². The lowest BCUT2D eigenvalue weighted by molar-refractivity contribution is -0.139. The van der Waals surface area contributed by atoms with Gasteiger partial charge in [-0.1, -0.05) is 48.5 Å². The molecule has 0 spiro atoms. The number of nitrogens with one attached hydrogen (secondary N) is 2. The Morgan fingerprint density at radius 2 is 1.47 bits per heavy atom.